The summed E-state index contributed by atoms with van der Waals surface area (Å²) in [5.74, 6) is -0.119. The number of nitrogens with zero attached hydrogens (tertiary/aromatic N) is 4. The van der Waals surface area contributed by atoms with Crippen molar-refractivity contribution < 1.29 is 9.59 Å². The SMILES string of the molecule is O=C(Nc1ccccc1)C1CCCN(C(=O)CCn2cncn2)C1. The highest BCUT2D eigenvalue weighted by molar-refractivity contribution is 5.93. The molecule has 7 nitrogen and oxygen atoms in total. The van der Waals surface area contributed by atoms with Gasteiger partial charge in [-0.3, -0.25) is 14.3 Å². The number of nitrogens with one attached hydrogen (secondary N) is 1. The molecule has 3 rings (SSSR count). The van der Waals surface area contributed by atoms with Crippen LogP contribution in [0.4, 0.5) is 5.69 Å². The summed E-state index contributed by atoms with van der Waals surface area (Å²) < 4.78 is 1.64. The molecule has 1 aromatic heterocycles. The summed E-state index contributed by atoms with van der Waals surface area (Å²) >= 11 is 0. The van der Waals surface area contributed by atoms with Crippen LogP contribution in [-0.4, -0.2) is 44.6 Å². The number of aryl methyl sites for hydroxylation is 1. The molecule has 0 bridgehead atoms. The van der Waals surface area contributed by atoms with E-state index >= 15 is 0 Å². The molecule has 0 radical (unpaired) electrons. The first-order valence-corrected chi connectivity index (χ1v) is 8.18. The summed E-state index contributed by atoms with van der Waals surface area (Å²) in [6, 6.07) is 9.40. The van der Waals surface area contributed by atoms with Gasteiger partial charge in [0, 0.05) is 25.2 Å². The molecule has 24 heavy (non-hydrogen) atoms. The fourth-order valence-corrected chi connectivity index (χ4v) is 2.90. The number of amides is 2. The van der Waals surface area contributed by atoms with Crippen molar-refractivity contribution in [3.63, 3.8) is 0 Å². The van der Waals surface area contributed by atoms with Crippen molar-refractivity contribution in [2.75, 3.05) is 18.4 Å². The topological polar surface area (TPSA) is 80.1 Å². The first-order chi connectivity index (χ1) is 11.7. The third kappa shape index (κ3) is 4.18. The predicted octanol–water partition coefficient (Wildman–Crippen LogP) is 1.55. The van der Waals surface area contributed by atoms with Gasteiger partial charge in [-0.05, 0) is 25.0 Å². The van der Waals surface area contributed by atoms with Crippen LogP contribution in [0.1, 0.15) is 19.3 Å². The summed E-state index contributed by atoms with van der Waals surface area (Å²) in [6.07, 6.45) is 5.08. The molecule has 2 aromatic rings. The molecule has 0 aliphatic carbocycles. The molecule has 126 valence electrons. The van der Waals surface area contributed by atoms with E-state index in [1.165, 1.54) is 6.33 Å². The number of benzene rings is 1. The number of carbonyl (C=O) groups excluding carboxylic acids is 2. The van der Waals surface area contributed by atoms with Crippen LogP contribution < -0.4 is 5.32 Å². The van der Waals surface area contributed by atoms with Gasteiger partial charge < -0.3 is 10.2 Å². The third-order valence-electron chi connectivity index (χ3n) is 4.21. The number of para-hydroxylation sites is 1. The van der Waals surface area contributed by atoms with Crippen LogP contribution in [0.2, 0.25) is 0 Å². The van der Waals surface area contributed by atoms with Crippen molar-refractivity contribution in [3.8, 4) is 0 Å². The van der Waals surface area contributed by atoms with Crippen LogP contribution in [0, 0.1) is 5.92 Å². The van der Waals surface area contributed by atoms with Crippen molar-refractivity contribution in [2.24, 2.45) is 5.92 Å². The summed E-state index contributed by atoms with van der Waals surface area (Å²) in [5.41, 5.74) is 0.789. The third-order valence-corrected chi connectivity index (χ3v) is 4.21. The molecule has 1 atom stereocenters. The molecule has 1 aliphatic rings. The quantitative estimate of drug-likeness (QED) is 0.903. The zero-order valence-corrected chi connectivity index (χ0v) is 13.5. The predicted molar refractivity (Wildman–Crippen MR) is 89.0 cm³/mol. The summed E-state index contributed by atoms with van der Waals surface area (Å²) in [5, 5.41) is 6.92. The van der Waals surface area contributed by atoms with Crippen LogP contribution in [0.15, 0.2) is 43.0 Å². The van der Waals surface area contributed by atoms with E-state index in [1.807, 2.05) is 30.3 Å². The first-order valence-electron chi connectivity index (χ1n) is 8.18. The van der Waals surface area contributed by atoms with Gasteiger partial charge in [-0.25, -0.2) is 4.98 Å². The summed E-state index contributed by atoms with van der Waals surface area (Å²) in [4.78, 5) is 30.4. The standard InChI is InChI=1S/C17H21N5O2/c23-16(8-10-22-13-18-12-19-22)21-9-4-5-14(11-21)17(24)20-15-6-2-1-3-7-15/h1-3,6-7,12-14H,4-5,8-11H2,(H,20,24). The van der Waals surface area contributed by atoms with E-state index in [-0.39, 0.29) is 17.7 Å². The second kappa shape index (κ2) is 7.72. The van der Waals surface area contributed by atoms with Crippen LogP contribution in [0.3, 0.4) is 0 Å². The fraction of sp³-hybridized carbons (Fsp3) is 0.412. The Hall–Kier alpha value is -2.70. The lowest BCUT2D eigenvalue weighted by Gasteiger charge is -2.32. The fourth-order valence-electron chi connectivity index (χ4n) is 2.90. The van der Waals surface area contributed by atoms with Crippen molar-refractivity contribution in [1.82, 2.24) is 19.7 Å². The summed E-state index contributed by atoms with van der Waals surface area (Å²) in [6.45, 7) is 1.70. The molecule has 7 heteroatoms. The molecular formula is C17H21N5O2. The van der Waals surface area contributed by atoms with E-state index in [2.05, 4.69) is 15.4 Å². The Morgan fingerprint density at radius 2 is 2.08 bits per heavy atom. The molecule has 1 fully saturated rings. The molecule has 0 saturated carbocycles. The van der Waals surface area contributed by atoms with Gasteiger partial charge in [0.15, 0.2) is 0 Å². The lowest BCUT2D eigenvalue weighted by Crippen LogP contribution is -2.44. The monoisotopic (exact) mass is 327 g/mol. The molecule has 1 N–H and O–H groups in total. The molecule has 1 aliphatic heterocycles. The maximum absolute atomic E-state index is 12.4. The molecular weight excluding hydrogens is 306 g/mol. The van der Waals surface area contributed by atoms with Crippen LogP contribution in [0.25, 0.3) is 0 Å². The van der Waals surface area contributed by atoms with E-state index in [4.69, 9.17) is 0 Å². The smallest absolute Gasteiger partial charge is 0.229 e. The van der Waals surface area contributed by atoms with Crippen molar-refractivity contribution in [3.05, 3.63) is 43.0 Å². The Kier molecular flexibility index (Phi) is 5.20. The number of anilines is 1. The lowest BCUT2D eigenvalue weighted by molar-refractivity contribution is -0.134. The molecule has 1 saturated heterocycles. The van der Waals surface area contributed by atoms with E-state index in [9.17, 15) is 9.59 Å². The molecule has 0 spiro atoms. The van der Waals surface area contributed by atoms with Crippen molar-refractivity contribution >= 4 is 17.5 Å². The second-order valence-corrected chi connectivity index (χ2v) is 5.94. The van der Waals surface area contributed by atoms with Crippen molar-refractivity contribution in [1.29, 1.82) is 0 Å². The van der Waals surface area contributed by atoms with Crippen LogP contribution >= 0.6 is 0 Å². The van der Waals surface area contributed by atoms with Gasteiger partial charge in [0.1, 0.15) is 12.7 Å². The van der Waals surface area contributed by atoms with Gasteiger partial charge in [-0.15, -0.1) is 0 Å². The van der Waals surface area contributed by atoms with Gasteiger partial charge in [0.25, 0.3) is 0 Å². The Morgan fingerprint density at radius 1 is 1.25 bits per heavy atom. The Morgan fingerprint density at radius 3 is 2.83 bits per heavy atom. The Labute approximate surface area is 140 Å². The van der Waals surface area contributed by atoms with Gasteiger partial charge in [-0.1, -0.05) is 18.2 Å². The van der Waals surface area contributed by atoms with E-state index in [0.717, 1.165) is 18.5 Å². The van der Waals surface area contributed by atoms with Gasteiger partial charge in [0.05, 0.1) is 12.5 Å². The average molecular weight is 327 g/mol. The van der Waals surface area contributed by atoms with E-state index in [1.54, 1.807) is 15.9 Å². The van der Waals surface area contributed by atoms with E-state index in [0.29, 0.717) is 26.1 Å². The van der Waals surface area contributed by atoms with Crippen LogP contribution in [-0.2, 0) is 16.1 Å². The number of hydrogen-bond donors (Lipinski definition) is 1. The second-order valence-electron chi connectivity index (χ2n) is 5.94. The average Bonchev–Trinajstić information content (AvgIpc) is 3.14. The number of carbonyl (C=O) groups is 2. The maximum atomic E-state index is 12.4. The normalized spacial score (nSPS) is 17.5. The van der Waals surface area contributed by atoms with Crippen molar-refractivity contribution in [2.45, 2.75) is 25.8 Å². The Bertz CT molecular complexity index is 672. The summed E-state index contributed by atoms with van der Waals surface area (Å²) in [7, 11) is 0. The zero-order chi connectivity index (χ0) is 16.8. The number of rotatable bonds is 5. The molecule has 1 aromatic carbocycles. The first kappa shape index (κ1) is 16.2. The molecule has 1 unspecified atom stereocenters. The van der Waals surface area contributed by atoms with Gasteiger partial charge in [-0.2, -0.15) is 5.10 Å². The van der Waals surface area contributed by atoms with Gasteiger partial charge >= 0.3 is 0 Å². The van der Waals surface area contributed by atoms with Gasteiger partial charge in [0.2, 0.25) is 11.8 Å². The lowest BCUT2D eigenvalue weighted by atomic mass is 9.96. The highest BCUT2D eigenvalue weighted by Crippen LogP contribution is 2.19. The number of piperidine rings is 1. The molecule has 2 heterocycles. The minimum absolute atomic E-state index is 0.0185. The highest BCUT2D eigenvalue weighted by atomic mass is 16.2. The number of hydrogen-bond acceptors (Lipinski definition) is 4. The minimum Gasteiger partial charge on any atom is -0.342 e. The molecule has 2 amide bonds. The number of aromatic nitrogens is 3. The minimum atomic E-state index is -0.158. The largest absolute Gasteiger partial charge is 0.342 e. The maximum Gasteiger partial charge on any atom is 0.229 e. The number of likely N-dealkylation sites (tertiary alicyclic amines) is 1. The zero-order valence-electron chi connectivity index (χ0n) is 13.5. The highest BCUT2D eigenvalue weighted by Gasteiger charge is 2.28. The van der Waals surface area contributed by atoms with Crippen LogP contribution in [0.5, 0.6) is 0 Å². The Balaban J connectivity index is 1.51. The van der Waals surface area contributed by atoms with E-state index < -0.39 is 0 Å².